The van der Waals surface area contributed by atoms with Crippen LogP contribution in [0, 0.1) is 12.7 Å². The van der Waals surface area contributed by atoms with Gasteiger partial charge in [0.05, 0.1) is 19.6 Å². The molecule has 0 saturated carbocycles. The van der Waals surface area contributed by atoms with E-state index < -0.39 is 0 Å². The number of imide groups is 1. The van der Waals surface area contributed by atoms with Gasteiger partial charge in [0.15, 0.2) is 5.96 Å². The molecule has 2 aliphatic rings. The molecule has 0 bridgehead atoms. The summed E-state index contributed by atoms with van der Waals surface area (Å²) in [6.45, 7) is 7.01. The standard InChI is InChI=1S/C20H29FN6O2.HI/c1-3-22-19(23-8-10-27-18(28)12-24-20(27)29)25-16-5-4-9-26(13-16)17-7-6-15(21)11-14(17)2;/h6-7,11,16H,3-5,8-10,12-13H2,1-2H3,(H,24,29)(H2,22,23,25);1H. The van der Waals surface area contributed by atoms with Crippen LogP contribution in [0.1, 0.15) is 25.3 Å². The third kappa shape index (κ3) is 6.19. The second-order valence-corrected chi connectivity index (χ2v) is 7.33. The Labute approximate surface area is 193 Å². The quantitative estimate of drug-likeness (QED) is 0.225. The number of guanidine groups is 1. The van der Waals surface area contributed by atoms with E-state index in [2.05, 4.69) is 25.8 Å². The van der Waals surface area contributed by atoms with Gasteiger partial charge < -0.3 is 20.9 Å². The molecule has 3 N–H and O–H groups in total. The maximum atomic E-state index is 13.4. The SMILES string of the molecule is CCNC(=NCCN1C(=O)CNC1=O)NC1CCCN(c2ccc(F)cc2C)C1.I. The number of nitrogens with zero attached hydrogens (tertiary/aromatic N) is 3. The van der Waals surface area contributed by atoms with Gasteiger partial charge in [0.1, 0.15) is 5.82 Å². The molecule has 3 rings (SSSR count). The first-order valence-electron chi connectivity index (χ1n) is 10.1. The first-order chi connectivity index (χ1) is 14.0. The number of aliphatic imine (C=N–C) groups is 1. The van der Waals surface area contributed by atoms with Crippen molar-refractivity contribution in [3.8, 4) is 0 Å². The molecule has 8 nitrogen and oxygen atoms in total. The summed E-state index contributed by atoms with van der Waals surface area (Å²) in [4.78, 5) is 31.2. The number of halogens is 2. The van der Waals surface area contributed by atoms with Crippen molar-refractivity contribution in [3.05, 3.63) is 29.6 Å². The summed E-state index contributed by atoms with van der Waals surface area (Å²) in [6.07, 6.45) is 2.03. The highest BCUT2D eigenvalue weighted by atomic mass is 127. The van der Waals surface area contributed by atoms with E-state index in [0.717, 1.165) is 37.2 Å². The number of amides is 3. The number of hydrogen-bond acceptors (Lipinski definition) is 4. The van der Waals surface area contributed by atoms with Crippen LogP contribution in [0.5, 0.6) is 0 Å². The number of anilines is 1. The van der Waals surface area contributed by atoms with E-state index in [-0.39, 0.29) is 60.9 Å². The van der Waals surface area contributed by atoms with Gasteiger partial charge in [0, 0.05) is 31.4 Å². The van der Waals surface area contributed by atoms with E-state index in [4.69, 9.17) is 0 Å². The van der Waals surface area contributed by atoms with Gasteiger partial charge in [-0.15, -0.1) is 24.0 Å². The van der Waals surface area contributed by atoms with Gasteiger partial charge in [-0.2, -0.15) is 0 Å². The fourth-order valence-electron chi connectivity index (χ4n) is 3.74. The van der Waals surface area contributed by atoms with Gasteiger partial charge in [-0.3, -0.25) is 14.7 Å². The fraction of sp³-hybridized carbons (Fsp3) is 0.550. The molecular formula is C20H30FIN6O2. The highest BCUT2D eigenvalue weighted by Gasteiger charge is 2.27. The van der Waals surface area contributed by atoms with Crippen molar-refractivity contribution >= 4 is 47.6 Å². The molecule has 3 amide bonds. The minimum absolute atomic E-state index is 0. The van der Waals surface area contributed by atoms with Crippen LogP contribution in [-0.2, 0) is 4.79 Å². The van der Waals surface area contributed by atoms with Crippen LogP contribution in [0.4, 0.5) is 14.9 Å². The largest absolute Gasteiger partial charge is 0.369 e. The van der Waals surface area contributed by atoms with Gasteiger partial charge in [-0.05, 0) is 50.5 Å². The normalized spacial score (nSPS) is 19.4. The van der Waals surface area contributed by atoms with Crippen molar-refractivity contribution in [1.29, 1.82) is 0 Å². The van der Waals surface area contributed by atoms with Crippen LogP contribution < -0.4 is 20.9 Å². The molecule has 2 fully saturated rings. The number of aryl methyl sites for hydroxylation is 1. The second-order valence-electron chi connectivity index (χ2n) is 7.33. The van der Waals surface area contributed by atoms with Crippen LogP contribution in [0.25, 0.3) is 0 Å². The van der Waals surface area contributed by atoms with Crippen molar-refractivity contribution in [2.45, 2.75) is 32.7 Å². The van der Waals surface area contributed by atoms with Crippen LogP contribution in [0.15, 0.2) is 23.2 Å². The number of urea groups is 1. The molecule has 0 aliphatic carbocycles. The summed E-state index contributed by atoms with van der Waals surface area (Å²) < 4.78 is 13.4. The minimum Gasteiger partial charge on any atom is -0.369 e. The Bertz CT molecular complexity index is 775. The molecule has 1 aromatic rings. The molecule has 30 heavy (non-hydrogen) atoms. The average molecular weight is 532 g/mol. The lowest BCUT2D eigenvalue weighted by atomic mass is 10.0. The monoisotopic (exact) mass is 532 g/mol. The summed E-state index contributed by atoms with van der Waals surface area (Å²) >= 11 is 0. The molecule has 1 unspecified atom stereocenters. The van der Waals surface area contributed by atoms with Gasteiger partial charge in [-0.1, -0.05) is 0 Å². The van der Waals surface area contributed by atoms with E-state index in [9.17, 15) is 14.0 Å². The summed E-state index contributed by atoms with van der Waals surface area (Å²) in [5.74, 6) is 0.229. The van der Waals surface area contributed by atoms with E-state index >= 15 is 0 Å². The molecule has 0 radical (unpaired) electrons. The molecule has 0 spiro atoms. The molecule has 1 aromatic carbocycles. The van der Waals surface area contributed by atoms with Crippen molar-refractivity contribution in [1.82, 2.24) is 20.9 Å². The first kappa shape index (κ1) is 24.2. The Morgan fingerprint density at radius 3 is 2.83 bits per heavy atom. The number of carbonyl (C=O) groups excluding carboxylic acids is 2. The molecule has 2 saturated heterocycles. The molecule has 0 aromatic heterocycles. The molecule has 2 aliphatic heterocycles. The van der Waals surface area contributed by atoms with Crippen LogP contribution >= 0.6 is 24.0 Å². The zero-order valence-corrected chi connectivity index (χ0v) is 19.7. The Morgan fingerprint density at radius 2 is 2.17 bits per heavy atom. The summed E-state index contributed by atoms with van der Waals surface area (Å²) in [7, 11) is 0. The minimum atomic E-state index is -0.360. The topological polar surface area (TPSA) is 89.1 Å². The predicted octanol–water partition coefficient (Wildman–Crippen LogP) is 1.83. The van der Waals surface area contributed by atoms with Crippen molar-refractivity contribution in [2.24, 2.45) is 4.99 Å². The van der Waals surface area contributed by atoms with Crippen LogP contribution in [0.2, 0.25) is 0 Å². The number of hydrogen-bond donors (Lipinski definition) is 3. The zero-order valence-electron chi connectivity index (χ0n) is 17.4. The van der Waals surface area contributed by atoms with Gasteiger partial charge >= 0.3 is 6.03 Å². The van der Waals surface area contributed by atoms with Crippen molar-refractivity contribution in [3.63, 3.8) is 0 Å². The number of rotatable bonds is 6. The first-order valence-corrected chi connectivity index (χ1v) is 10.1. The summed E-state index contributed by atoms with van der Waals surface area (Å²) in [5.41, 5.74) is 1.98. The highest BCUT2D eigenvalue weighted by molar-refractivity contribution is 14.0. The number of benzene rings is 1. The van der Waals surface area contributed by atoms with Crippen molar-refractivity contribution < 1.29 is 14.0 Å². The van der Waals surface area contributed by atoms with Gasteiger partial charge in [0.25, 0.3) is 0 Å². The molecular weight excluding hydrogens is 502 g/mol. The fourth-order valence-corrected chi connectivity index (χ4v) is 3.74. The lowest BCUT2D eigenvalue weighted by molar-refractivity contribution is -0.124. The summed E-state index contributed by atoms with van der Waals surface area (Å²) in [6, 6.07) is 4.74. The zero-order chi connectivity index (χ0) is 20.8. The number of nitrogens with one attached hydrogen (secondary N) is 3. The Kier molecular flexibility index (Phi) is 9.12. The predicted molar refractivity (Wildman–Crippen MR) is 126 cm³/mol. The lowest BCUT2D eigenvalue weighted by Crippen LogP contribution is -2.51. The molecule has 1 atom stereocenters. The molecule has 166 valence electrons. The Hall–Kier alpha value is -2.11. The lowest BCUT2D eigenvalue weighted by Gasteiger charge is -2.36. The van der Waals surface area contributed by atoms with Crippen LogP contribution in [0.3, 0.4) is 0 Å². The smallest absolute Gasteiger partial charge is 0.324 e. The average Bonchev–Trinajstić information content (AvgIpc) is 3.00. The van der Waals surface area contributed by atoms with E-state index in [1.807, 2.05) is 19.9 Å². The second kappa shape index (κ2) is 11.3. The van der Waals surface area contributed by atoms with Gasteiger partial charge in [0.2, 0.25) is 5.91 Å². The number of carbonyl (C=O) groups is 2. The summed E-state index contributed by atoms with van der Waals surface area (Å²) in [5, 5.41) is 9.18. The van der Waals surface area contributed by atoms with Gasteiger partial charge in [-0.25, -0.2) is 9.18 Å². The van der Waals surface area contributed by atoms with E-state index in [1.165, 1.54) is 11.0 Å². The van der Waals surface area contributed by atoms with E-state index in [1.54, 1.807) is 6.07 Å². The van der Waals surface area contributed by atoms with E-state index in [0.29, 0.717) is 19.0 Å². The van der Waals surface area contributed by atoms with Crippen molar-refractivity contribution in [2.75, 3.05) is 44.2 Å². The Balaban J connectivity index is 0.00000320. The third-order valence-electron chi connectivity index (χ3n) is 5.14. The highest BCUT2D eigenvalue weighted by Crippen LogP contribution is 2.24. The third-order valence-corrected chi connectivity index (χ3v) is 5.14. The van der Waals surface area contributed by atoms with Crippen LogP contribution in [-0.4, -0.2) is 68.1 Å². The maximum absolute atomic E-state index is 13.4. The molecule has 2 heterocycles. The molecule has 10 heteroatoms. The number of piperidine rings is 1. The Morgan fingerprint density at radius 1 is 1.37 bits per heavy atom. The maximum Gasteiger partial charge on any atom is 0.324 e.